The van der Waals surface area contributed by atoms with Gasteiger partial charge >= 0.3 is 0 Å². The van der Waals surface area contributed by atoms with Crippen LogP contribution < -0.4 is 5.73 Å². The zero-order chi connectivity index (χ0) is 14.9. The highest BCUT2D eigenvalue weighted by Gasteiger charge is 2.31. The van der Waals surface area contributed by atoms with Gasteiger partial charge in [-0.25, -0.2) is 12.8 Å². The summed E-state index contributed by atoms with van der Waals surface area (Å²) >= 11 is 0. The quantitative estimate of drug-likeness (QED) is 0.926. The number of nitrogens with two attached hydrogens (primary N) is 1. The first-order chi connectivity index (χ1) is 9.37. The van der Waals surface area contributed by atoms with Crippen LogP contribution >= 0.6 is 0 Å². The molecule has 1 aliphatic rings. The second kappa shape index (κ2) is 5.79. The van der Waals surface area contributed by atoms with Gasteiger partial charge in [0.25, 0.3) is 0 Å². The molecule has 1 aromatic carbocycles. The third kappa shape index (κ3) is 2.73. The molecule has 0 heterocycles. The summed E-state index contributed by atoms with van der Waals surface area (Å²) in [5.74, 6) is -0.522. The molecule has 0 spiro atoms. The number of hydrogen-bond acceptors (Lipinski definition) is 3. The van der Waals surface area contributed by atoms with Crippen LogP contribution in [0.15, 0.2) is 17.0 Å². The summed E-state index contributed by atoms with van der Waals surface area (Å²) in [6, 6.07) is 2.80. The Hall–Kier alpha value is -0.980. The molecule has 1 fully saturated rings. The van der Waals surface area contributed by atoms with Crippen molar-refractivity contribution in [2.24, 2.45) is 5.73 Å². The fourth-order valence-corrected chi connectivity index (χ4v) is 4.41. The van der Waals surface area contributed by atoms with Gasteiger partial charge in [0.15, 0.2) is 0 Å². The van der Waals surface area contributed by atoms with Crippen molar-refractivity contribution in [1.29, 1.82) is 0 Å². The van der Waals surface area contributed by atoms with E-state index < -0.39 is 15.8 Å². The van der Waals surface area contributed by atoms with Crippen LogP contribution in [0.1, 0.15) is 36.8 Å². The van der Waals surface area contributed by atoms with Crippen molar-refractivity contribution in [2.75, 3.05) is 7.05 Å². The molecule has 0 radical (unpaired) electrons. The minimum absolute atomic E-state index is 0.0176. The molecular formula is C14H21FN2O2S. The van der Waals surface area contributed by atoms with Crippen molar-refractivity contribution in [1.82, 2.24) is 4.31 Å². The molecule has 1 saturated carbocycles. The van der Waals surface area contributed by atoms with Crippen LogP contribution in [0, 0.1) is 12.7 Å². The van der Waals surface area contributed by atoms with E-state index in [2.05, 4.69) is 0 Å². The van der Waals surface area contributed by atoms with E-state index in [1.807, 2.05) is 0 Å². The first kappa shape index (κ1) is 15.4. The van der Waals surface area contributed by atoms with Gasteiger partial charge in [-0.2, -0.15) is 4.31 Å². The first-order valence-electron chi connectivity index (χ1n) is 6.85. The summed E-state index contributed by atoms with van der Waals surface area (Å²) in [7, 11) is -2.09. The monoisotopic (exact) mass is 300 g/mol. The van der Waals surface area contributed by atoms with Gasteiger partial charge in [-0.05, 0) is 37.5 Å². The first-order valence-corrected chi connectivity index (χ1v) is 8.29. The lowest BCUT2D eigenvalue weighted by Gasteiger charge is -2.24. The molecule has 20 heavy (non-hydrogen) atoms. The molecule has 0 saturated heterocycles. The molecule has 1 aliphatic carbocycles. The Balaban J connectivity index is 2.45. The van der Waals surface area contributed by atoms with Gasteiger partial charge in [0.05, 0.1) is 4.90 Å². The van der Waals surface area contributed by atoms with Gasteiger partial charge in [0.1, 0.15) is 5.82 Å². The molecule has 2 N–H and O–H groups in total. The summed E-state index contributed by atoms with van der Waals surface area (Å²) in [4.78, 5) is 0.0346. The third-order valence-corrected chi connectivity index (χ3v) is 6.12. The van der Waals surface area contributed by atoms with Crippen LogP contribution in [0.25, 0.3) is 0 Å². The van der Waals surface area contributed by atoms with Crippen molar-refractivity contribution in [3.05, 3.63) is 29.1 Å². The van der Waals surface area contributed by atoms with E-state index in [0.29, 0.717) is 5.56 Å². The highest BCUT2D eigenvalue weighted by molar-refractivity contribution is 7.89. The van der Waals surface area contributed by atoms with Crippen LogP contribution in [0.4, 0.5) is 4.39 Å². The predicted octanol–water partition coefficient (Wildman–Crippen LogP) is 2.16. The molecule has 0 bridgehead atoms. The normalized spacial score (nSPS) is 17.1. The number of nitrogens with zero attached hydrogens (tertiary/aromatic N) is 1. The molecule has 4 nitrogen and oxygen atoms in total. The van der Waals surface area contributed by atoms with Crippen molar-refractivity contribution in [2.45, 2.75) is 50.1 Å². The van der Waals surface area contributed by atoms with Gasteiger partial charge in [0, 0.05) is 25.2 Å². The van der Waals surface area contributed by atoms with Crippen molar-refractivity contribution >= 4 is 10.0 Å². The Kier molecular flexibility index (Phi) is 4.46. The van der Waals surface area contributed by atoms with Gasteiger partial charge in [-0.3, -0.25) is 0 Å². The van der Waals surface area contributed by atoms with Crippen molar-refractivity contribution in [3.8, 4) is 0 Å². The third-order valence-electron chi connectivity index (χ3n) is 4.09. The fourth-order valence-electron chi connectivity index (χ4n) is 2.71. The summed E-state index contributed by atoms with van der Waals surface area (Å²) in [6.45, 7) is 1.61. The zero-order valence-corrected chi connectivity index (χ0v) is 12.7. The average Bonchev–Trinajstić information content (AvgIpc) is 2.94. The summed E-state index contributed by atoms with van der Waals surface area (Å²) in [5, 5.41) is 0. The Bertz CT molecular complexity index is 595. The van der Waals surface area contributed by atoms with Crippen LogP contribution in [-0.2, 0) is 16.6 Å². The maximum Gasteiger partial charge on any atom is 0.243 e. The second-order valence-corrected chi connectivity index (χ2v) is 7.33. The maximum absolute atomic E-state index is 13.9. The minimum Gasteiger partial charge on any atom is -0.326 e. The van der Waals surface area contributed by atoms with Crippen LogP contribution in [0.5, 0.6) is 0 Å². The van der Waals surface area contributed by atoms with Gasteiger partial charge in [0.2, 0.25) is 10.0 Å². The maximum atomic E-state index is 13.9. The second-order valence-electron chi connectivity index (χ2n) is 5.36. The smallest absolute Gasteiger partial charge is 0.243 e. The minimum atomic E-state index is -3.67. The van der Waals surface area contributed by atoms with Crippen LogP contribution in [0.2, 0.25) is 0 Å². The molecule has 0 unspecified atom stereocenters. The van der Waals surface area contributed by atoms with E-state index in [1.54, 1.807) is 7.05 Å². The molecule has 112 valence electrons. The van der Waals surface area contributed by atoms with Crippen molar-refractivity contribution in [3.63, 3.8) is 0 Å². The number of halogens is 1. The molecule has 0 amide bonds. The lowest BCUT2D eigenvalue weighted by Crippen LogP contribution is -2.35. The van der Waals surface area contributed by atoms with Gasteiger partial charge in [-0.15, -0.1) is 0 Å². The number of sulfonamides is 1. The molecule has 2 rings (SSSR count). The van der Waals surface area contributed by atoms with Gasteiger partial charge < -0.3 is 5.73 Å². The Labute approximate surface area is 119 Å². The molecule has 6 heteroatoms. The predicted molar refractivity (Wildman–Crippen MR) is 76.2 cm³/mol. The topological polar surface area (TPSA) is 63.4 Å². The fraction of sp³-hybridized carbons (Fsp3) is 0.571. The highest BCUT2D eigenvalue weighted by atomic mass is 32.2. The van der Waals surface area contributed by atoms with Crippen molar-refractivity contribution < 1.29 is 12.8 Å². The molecular weight excluding hydrogens is 279 g/mol. The van der Waals surface area contributed by atoms with E-state index in [0.717, 1.165) is 25.7 Å². The van der Waals surface area contributed by atoms with Crippen LogP contribution in [-0.4, -0.2) is 25.8 Å². The summed E-state index contributed by atoms with van der Waals surface area (Å²) in [6.07, 6.45) is 3.82. The molecule has 0 aliphatic heterocycles. The Morgan fingerprint density at radius 3 is 2.50 bits per heavy atom. The van der Waals surface area contributed by atoms with E-state index in [1.165, 1.54) is 23.4 Å². The molecule has 0 atom stereocenters. The Morgan fingerprint density at radius 1 is 1.35 bits per heavy atom. The van der Waals surface area contributed by atoms with E-state index in [9.17, 15) is 12.8 Å². The molecule has 1 aromatic rings. The zero-order valence-electron chi connectivity index (χ0n) is 11.9. The number of rotatable bonds is 4. The van der Waals surface area contributed by atoms with E-state index >= 15 is 0 Å². The SMILES string of the molecule is Cc1c(F)cc(CN)cc1S(=O)(=O)N(C)C1CCCC1. The summed E-state index contributed by atoms with van der Waals surface area (Å²) in [5.41, 5.74) is 6.16. The average molecular weight is 300 g/mol. The number of benzene rings is 1. The van der Waals surface area contributed by atoms with Crippen LogP contribution in [0.3, 0.4) is 0 Å². The largest absolute Gasteiger partial charge is 0.326 e. The lowest BCUT2D eigenvalue weighted by atomic mass is 10.1. The van der Waals surface area contributed by atoms with E-state index in [4.69, 9.17) is 5.73 Å². The number of hydrogen-bond donors (Lipinski definition) is 1. The standard InChI is InChI=1S/C14H21FN2O2S/c1-10-13(15)7-11(9-16)8-14(10)20(18,19)17(2)12-5-3-4-6-12/h7-8,12H,3-6,9,16H2,1-2H3. The highest BCUT2D eigenvalue weighted by Crippen LogP contribution is 2.29. The Morgan fingerprint density at radius 2 is 1.95 bits per heavy atom. The molecule has 0 aromatic heterocycles. The van der Waals surface area contributed by atoms with E-state index in [-0.39, 0.29) is 23.0 Å². The summed E-state index contributed by atoms with van der Waals surface area (Å²) < 4.78 is 40.6. The lowest BCUT2D eigenvalue weighted by molar-refractivity contribution is 0.372. The van der Waals surface area contributed by atoms with Gasteiger partial charge in [-0.1, -0.05) is 12.8 Å².